The fourth-order valence-electron chi connectivity index (χ4n) is 3.32. The highest BCUT2D eigenvalue weighted by molar-refractivity contribution is 6.30. The van der Waals surface area contributed by atoms with Crippen molar-refractivity contribution in [2.75, 3.05) is 5.01 Å². The van der Waals surface area contributed by atoms with E-state index in [0.717, 1.165) is 11.3 Å². The van der Waals surface area contributed by atoms with E-state index in [1.165, 1.54) is 0 Å². The summed E-state index contributed by atoms with van der Waals surface area (Å²) in [4.78, 5) is 25.5. The number of benzene rings is 3. The zero-order valence-corrected chi connectivity index (χ0v) is 15.6. The highest BCUT2D eigenvalue weighted by Crippen LogP contribution is 2.33. The molecule has 1 saturated heterocycles. The molecule has 2 amide bonds. The van der Waals surface area contributed by atoms with Gasteiger partial charge in [0.25, 0.3) is 11.8 Å². The lowest BCUT2D eigenvalue weighted by Gasteiger charge is -2.28. The maximum absolute atomic E-state index is 12.8. The molecular weight excluding hydrogens is 374 g/mol. The Hall–Kier alpha value is -3.31. The van der Waals surface area contributed by atoms with Gasteiger partial charge >= 0.3 is 0 Å². The third-order valence-electron chi connectivity index (χ3n) is 4.68. The molecule has 1 aliphatic heterocycles. The van der Waals surface area contributed by atoms with Gasteiger partial charge in [-0.2, -0.15) is 0 Å². The highest BCUT2D eigenvalue weighted by Gasteiger charge is 2.43. The summed E-state index contributed by atoms with van der Waals surface area (Å²) in [5, 5.41) is 5.27. The maximum Gasteiger partial charge on any atom is 0.263 e. The molecule has 0 bridgehead atoms. The fourth-order valence-corrected chi connectivity index (χ4v) is 3.45. The third-order valence-corrected chi connectivity index (χ3v) is 4.93. The summed E-state index contributed by atoms with van der Waals surface area (Å²) in [6.45, 7) is 0. The summed E-state index contributed by atoms with van der Waals surface area (Å²) >= 11 is 6.04. The summed E-state index contributed by atoms with van der Waals surface area (Å²) in [5.41, 5.74) is 5.08. The van der Waals surface area contributed by atoms with Crippen molar-refractivity contribution in [2.45, 2.75) is 12.1 Å². The summed E-state index contributed by atoms with van der Waals surface area (Å²) < 4.78 is 0. The van der Waals surface area contributed by atoms with Crippen molar-refractivity contribution in [3.05, 3.63) is 101 Å². The zero-order chi connectivity index (χ0) is 19.5. The fraction of sp³-hybridized carbons (Fsp3) is 0.0909. The van der Waals surface area contributed by atoms with Gasteiger partial charge in [0.1, 0.15) is 12.1 Å². The second-order valence-corrected chi connectivity index (χ2v) is 6.93. The predicted octanol–water partition coefficient (Wildman–Crippen LogP) is 3.73. The lowest BCUT2D eigenvalue weighted by atomic mass is 9.99. The molecule has 140 valence electrons. The molecule has 1 fully saturated rings. The molecule has 1 heterocycles. The van der Waals surface area contributed by atoms with Gasteiger partial charge in [-0.15, -0.1) is 0 Å². The molecule has 3 aromatic carbocycles. The Kier molecular flexibility index (Phi) is 5.00. The first-order chi connectivity index (χ1) is 13.6. The van der Waals surface area contributed by atoms with E-state index < -0.39 is 12.1 Å². The summed E-state index contributed by atoms with van der Waals surface area (Å²) in [6, 6.07) is 24.5. The number of nitrogens with one attached hydrogen (secondary N) is 2. The molecule has 0 saturated carbocycles. The lowest BCUT2D eigenvalue weighted by molar-refractivity contribution is -0.120. The first-order valence-corrected chi connectivity index (χ1v) is 9.27. The maximum atomic E-state index is 12.8. The molecule has 28 heavy (non-hydrogen) atoms. The summed E-state index contributed by atoms with van der Waals surface area (Å²) in [7, 11) is 0. The van der Waals surface area contributed by atoms with Crippen LogP contribution >= 0.6 is 11.6 Å². The van der Waals surface area contributed by atoms with Gasteiger partial charge in [0.2, 0.25) is 0 Å². The first-order valence-electron chi connectivity index (χ1n) is 8.89. The van der Waals surface area contributed by atoms with Crippen molar-refractivity contribution in [3.63, 3.8) is 0 Å². The highest BCUT2D eigenvalue weighted by atomic mass is 35.5. The minimum Gasteiger partial charge on any atom is -0.338 e. The number of carbonyl (C=O) groups is 2. The van der Waals surface area contributed by atoms with Crippen molar-refractivity contribution < 1.29 is 9.59 Å². The smallest absolute Gasteiger partial charge is 0.263 e. The van der Waals surface area contributed by atoms with E-state index in [1.54, 1.807) is 41.4 Å². The number of hydrazine groups is 1. The van der Waals surface area contributed by atoms with Crippen LogP contribution in [0.3, 0.4) is 0 Å². The van der Waals surface area contributed by atoms with Crippen molar-refractivity contribution in [1.82, 2.24) is 10.7 Å². The largest absolute Gasteiger partial charge is 0.338 e. The molecule has 3 aromatic rings. The number of hydrogen-bond donors (Lipinski definition) is 2. The second-order valence-electron chi connectivity index (χ2n) is 6.50. The predicted molar refractivity (Wildman–Crippen MR) is 109 cm³/mol. The number of rotatable bonds is 4. The standard InChI is InChI=1S/C22H18ClN3O2/c23-17-13-11-15(12-14-17)20-19(24-21(27)16-7-3-1-4-8-16)22(28)25-26(20)18-9-5-2-6-10-18/h1-14,19-20H,(H,24,27)(H,25,28)/t19-,20+/m1/s1. The molecule has 0 aromatic heterocycles. The number of anilines is 1. The second kappa shape index (κ2) is 7.74. The minimum atomic E-state index is -0.755. The monoisotopic (exact) mass is 391 g/mol. The molecule has 0 spiro atoms. The van der Waals surface area contributed by atoms with E-state index >= 15 is 0 Å². The zero-order valence-electron chi connectivity index (χ0n) is 14.9. The number of halogens is 1. The number of nitrogens with zero attached hydrogens (tertiary/aromatic N) is 1. The number of para-hydroxylation sites is 1. The molecule has 5 nitrogen and oxygen atoms in total. The summed E-state index contributed by atoms with van der Waals surface area (Å²) in [6.07, 6.45) is 0. The van der Waals surface area contributed by atoms with Crippen LogP contribution in [-0.4, -0.2) is 17.9 Å². The average molecular weight is 392 g/mol. The molecule has 1 aliphatic rings. The van der Waals surface area contributed by atoms with Crippen molar-refractivity contribution in [3.8, 4) is 0 Å². The van der Waals surface area contributed by atoms with E-state index in [9.17, 15) is 9.59 Å². The quantitative estimate of drug-likeness (QED) is 0.712. The molecule has 0 aliphatic carbocycles. The molecule has 2 N–H and O–H groups in total. The van der Waals surface area contributed by atoms with Gasteiger partial charge in [0.05, 0.1) is 5.69 Å². The van der Waals surface area contributed by atoms with Crippen LogP contribution in [0.25, 0.3) is 0 Å². The normalized spacial score (nSPS) is 18.6. The van der Waals surface area contributed by atoms with E-state index in [4.69, 9.17) is 11.6 Å². The van der Waals surface area contributed by atoms with Crippen LogP contribution in [0.4, 0.5) is 5.69 Å². The molecule has 0 radical (unpaired) electrons. The van der Waals surface area contributed by atoms with Crippen LogP contribution in [0.2, 0.25) is 5.02 Å². The minimum absolute atomic E-state index is 0.270. The van der Waals surface area contributed by atoms with Crippen LogP contribution in [0.1, 0.15) is 22.0 Å². The Morgan fingerprint density at radius 3 is 2.14 bits per heavy atom. The van der Waals surface area contributed by atoms with Crippen LogP contribution in [-0.2, 0) is 4.79 Å². The SMILES string of the molecule is O=C(N[C@H]1C(=O)NN(c2ccccc2)[C@H]1c1ccc(Cl)cc1)c1ccccc1. The molecule has 2 atom stereocenters. The van der Waals surface area contributed by atoms with E-state index in [-0.39, 0.29) is 11.8 Å². The van der Waals surface area contributed by atoms with Gasteiger partial charge in [0, 0.05) is 10.6 Å². The van der Waals surface area contributed by atoms with Crippen molar-refractivity contribution in [2.24, 2.45) is 0 Å². The molecule has 6 heteroatoms. The third kappa shape index (κ3) is 3.57. The van der Waals surface area contributed by atoms with Crippen LogP contribution in [0.5, 0.6) is 0 Å². The molecule has 0 unspecified atom stereocenters. The molecular formula is C22H18ClN3O2. The van der Waals surface area contributed by atoms with Gasteiger partial charge in [-0.3, -0.25) is 20.0 Å². The molecule has 4 rings (SSSR count). The van der Waals surface area contributed by atoms with Gasteiger partial charge in [0.15, 0.2) is 0 Å². The number of carbonyl (C=O) groups excluding carboxylic acids is 2. The Bertz CT molecular complexity index is 978. The lowest BCUT2D eigenvalue weighted by Crippen LogP contribution is -2.43. The Labute approximate surface area is 167 Å². The van der Waals surface area contributed by atoms with E-state index in [2.05, 4.69) is 10.7 Å². The van der Waals surface area contributed by atoms with Crippen molar-refractivity contribution in [1.29, 1.82) is 0 Å². The van der Waals surface area contributed by atoms with E-state index in [1.807, 2.05) is 48.5 Å². The van der Waals surface area contributed by atoms with E-state index in [0.29, 0.717) is 10.6 Å². The van der Waals surface area contributed by atoms with Gasteiger partial charge in [-0.1, -0.05) is 60.1 Å². The Morgan fingerprint density at radius 1 is 0.893 bits per heavy atom. The van der Waals surface area contributed by atoms with Crippen molar-refractivity contribution >= 4 is 29.1 Å². The van der Waals surface area contributed by atoms with Crippen LogP contribution in [0.15, 0.2) is 84.9 Å². The summed E-state index contributed by atoms with van der Waals surface area (Å²) in [5.74, 6) is -0.567. The average Bonchev–Trinajstić information content (AvgIpc) is 3.06. The topological polar surface area (TPSA) is 61.4 Å². The van der Waals surface area contributed by atoms with Crippen LogP contribution in [0, 0.1) is 0 Å². The van der Waals surface area contributed by atoms with Crippen LogP contribution < -0.4 is 15.8 Å². The number of amides is 2. The van der Waals surface area contributed by atoms with Gasteiger partial charge in [-0.25, -0.2) is 0 Å². The number of hydrogen-bond acceptors (Lipinski definition) is 3. The Balaban J connectivity index is 1.70. The van der Waals surface area contributed by atoms with Gasteiger partial charge in [-0.05, 0) is 42.0 Å². The first kappa shape index (κ1) is 18.1. The van der Waals surface area contributed by atoms with Gasteiger partial charge < -0.3 is 5.32 Å². The Morgan fingerprint density at radius 2 is 1.50 bits per heavy atom.